The van der Waals surface area contributed by atoms with Crippen LogP contribution in [0, 0.1) is 0 Å². The Hall–Kier alpha value is -2.54. The Morgan fingerprint density at radius 2 is 2.00 bits per heavy atom. The van der Waals surface area contributed by atoms with Crippen LogP contribution in [0.1, 0.15) is 5.56 Å². The average molecular weight is 358 g/mol. The van der Waals surface area contributed by atoms with Crippen molar-refractivity contribution in [3.63, 3.8) is 0 Å². The molecule has 0 aliphatic rings. The van der Waals surface area contributed by atoms with Crippen molar-refractivity contribution in [2.45, 2.75) is 6.42 Å². The summed E-state index contributed by atoms with van der Waals surface area (Å²) in [6, 6.07) is 15.0. The first kappa shape index (κ1) is 14.4. The lowest BCUT2D eigenvalue weighted by Gasteiger charge is -2.07. The molecule has 7 heteroatoms. The van der Waals surface area contributed by atoms with Gasteiger partial charge in [-0.15, -0.1) is 5.10 Å². The third kappa shape index (κ3) is 3.56. The molecule has 22 heavy (non-hydrogen) atoms. The molecule has 1 aromatic heterocycles. The van der Waals surface area contributed by atoms with Crippen LogP contribution in [0.3, 0.4) is 0 Å². The predicted molar refractivity (Wildman–Crippen MR) is 85.6 cm³/mol. The summed E-state index contributed by atoms with van der Waals surface area (Å²) in [5.74, 6) is -0.0730. The number of nitrogens with one attached hydrogen (secondary N) is 1. The Balaban J connectivity index is 1.69. The Morgan fingerprint density at radius 3 is 2.73 bits per heavy atom. The molecule has 3 aromatic rings. The fraction of sp³-hybridized carbons (Fsp3) is 0.0667. The molecule has 0 bridgehead atoms. The number of benzene rings is 2. The number of tetrazole rings is 1. The fourth-order valence-corrected chi connectivity index (χ4v) is 2.26. The third-order valence-electron chi connectivity index (χ3n) is 3.02. The highest BCUT2D eigenvalue weighted by Crippen LogP contribution is 2.15. The number of rotatable bonds is 4. The number of nitrogens with zero attached hydrogens (tertiary/aromatic N) is 4. The van der Waals surface area contributed by atoms with E-state index in [1.54, 1.807) is 0 Å². The predicted octanol–water partition coefficient (Wildman–Crippen LogP) is 2.61. The maximum absolute atomic E-state index is 12.1. The summed E-state index contributed by atoms with van der Waals surface area (Å²) in [7, 11) is 0. The van der Waals surface area contributed by atoms with Crippen molar-refractivity contribution in [3.8, 4) is 5.69 Å². The van der Waals surface area contributed by atoms with Gasteiger partial charge in [-0.1, -0.05) is 34.1 Å². The Kier molecular flexibility index (Phi) is 4.24. The molecule has 0 saturated carbocycles. The van der Waals surface area contributed by atoms with Gasteiger partial charge in [0.2, 0.25) is 5.91 Å². The number of carbonyl (C=O) groups excluding carboxylic acids is 1. The van der Waals surface area contributed by atoms with Crippen molar-refractivity contribution in [2.75, 3.05) is 5.32 Å². The highest BCUT2D eigenvalue weighted by molar-refractivity contribution is 9.10. The molecule has 6 nitrogen and oxygen atoms in total. The van der Waals surface area contributed by atoms with E-state index in [4.69, 9.17) is 0 Å². The molecule has 0 saturated heterocycles. The van der Waals surface area contributed by atoms with E-state index >= 15 is 0 Å². The van der Waals surface area contributed by atoms with Crippen molar-refractivity contribution in [3.05, 3.63) is 64.9 Å². The molecule has 0 unspecified atom stereocenters. The zero-order chi connectivity index (χ0) is 15.4. The number of halogens is 1. The van der Waals surface area contributed by atoms with Crippen LogP contribution in [-0.4, -0.2) is 26.1 Å². The van der Waals surface area contributed by atoms with E-state index in [-0.39, 0.29) is 5.91 Å². The second-order valence-electron chi connectivity index (χ2n) is 4.66. The van der Waals surface area contributed by atoms with Gasteiger partial charge in [0.1, 0.15) is 6.33 Å². The molecule has 1 amide bonds. The minimum Gasteiger partial charge on any atom is -0.326 e. The smallest absolute Gasteiger partial charge is 0.228 e. The second-order valence-corrected chi connectivity index (χ2v) is 5.57. The average Bonchev–Trinajstić information content (AvgIpc) is 3.04. The van der Waals surface area contributed by atoms with E-state index in [0.717, 1.165) is 15.7 Å². The van der Waals surface area contributed by atoms with Gasteiger partial charge in [0, 0.05) is 10.2 Å². The largest absolute Gasteiger partial charge is 0.326 e. The van der Waals surface area contributed by atoms with E-state index in [1.165, 1.54) is 11.0 Å². The van der Waals surface area contributed by atoms with Gasteiger partial charge in [0.25, 0.3) is 0 Å². The maximum Gasteiger partial charge on any atom is 0.228 e. The van der Waals surface area contributed by atoms with Crippen LogP contribution >= 0.6 is 15.9 Å². The van der Waals surface area contributed by atoms with Gasteiger partial charge >= 0.3 is 0 Å². The number of aromatic nitrogens is 4. The van der Waals surface area contributed by atoms with Crippen LogP contribution in [0.4, 0.5) is 5.69 Å². The highest BCUT2D eigenvalue weighted by Gasteiger charge is 2.06. The molecule has 0 fully saturated rings. The number of carbonyl (C=O) groups is 1. The van der Waals surface area contributed by atoms with Gasteiger partial charge in [0.05, 0.1) is 12.1 Å². The van der Waals surface area contributed by atoms with Crippen LogP contribution in [0.5, 0.6) is 0 Å². The van der Waals surface area contributed by atoms with E-state index in [1.807, 2.05) is 48.5 Å². The summed E-state index contributed by atoms with van der Waals surface area (Å²) in [6.07, 6.45) is 1.82. The molecule has 0 aliphatic heterocycles. The summed E-state index contributed by atoms with van der Waals surface area (Å²) < 4.78 is 2.52. The molecule has 1 heterocycles. The first-order chi connectivity index (χ1) is 10.7. The Labute approximate surface area is 135 Å². The summed E-state index contributed by atoms with van der Waals surface area (Å²) in [5, 5.41) is 13.9. The number of hydrogen-bond donors (Lipinski definition) is 1. The molecular weight excluding hydrogens is 346 g/mol. The van der Waals surface area contributed by atoms with E-state index in [0.29, 0.717) is 12.1 Å². The van der Waals surface area contributed by atoms with E-state index in [9.17, 15) is 4.79 Å². The summed E-state index contributed by atoms with van der Waals surface area (Å²) in [6.45, 7) is 0. The molecule has 0 aliphatic carbocycles. The minimum atomic E-state index is -0.0730. The zero-order valence-electron chi connectivity index (χ0n) is 11.5. The third-order valence-corrected chi connectivity index (χ3v) is 3.55. The van der Waals surface area contributed by atoms with Crippen LogP contribution in [0.25, 0.3) is 5.69 Å². The van der Waals surface area contributed by atoms with Gasteiger partial charge in [-0.3, -0.25) is 4.79 Å². The second kappa shape index (κ2) is 6.48. The molecular formula is C15H12BrN5O. The van der Waals surface area contributed by atoms with Crippen molar-refractivity contribution in [1.82, 2.24) is 20.2 Å². The molecule has 0 radical (unpaired) electrons. The molecule has 0 atom stereocenters. The van der Waals surface area contributed by atoms with Gasteiger partial charge in [-0.05, 0) is 46.3 Å². The van der Waals surface area contributed by atoms with Crippen molar-refractivity contribution in [1.29, 1.82) is 0 Å². The number of hydrogen-bond acceptors (Lipinski definition) is 4. The molecule has 1 N–H and O–H groups in total. The van der Waals surface area contributed by atoms with Crippen LogP contribution in [-0.2, 0) is 11.2 Å². The van der Waals surface area contributed by atoms with E-state index in [2.05, 4.69) is 36.8 Å². The minimum absolute atomic E-state index is 0.0730. The number of amides is 1. The maximum atomic E-state index is 12.1. The molecule has 2 aromatic carbocycles. The van der Waals surface area contributed by atoms with Crippen LogP contribution in [0.15, 0.2) is 59.3 Å². The topological polar surface area (TPSA) is 72.7 Å². The standard InChI is InChI=1S/C15H12BrN5O/c16-12-6-4-11(5-7-12)8-15(22)18-13-2-1-3-14(9-13)21-10-17-19-20-21/h1-7,9-10H,8H2,(H,18,22). The molecule has 110 valence electrons. The lowest BCUT2D eigenvalue weighted by atomic mass is 10.1. The Morgan fingerprint density at radius 1 is 1.18 bits per heavy atom. The normalized spacial score (nSPS) is 10.4. The van der Waals surface area contributed by atoms with Crippen LogP contribution < -0.4 is 5.32 Å². The van der Waals surface area contributed by atoms with Crippen LogP contribution in [0.2, 0.25) is 0 Å². The molecule has 0 spiro atoms. The first-order valence-electron chi connectivity index (χ1n) is 6.58. The van der Waals surface area contributed by atoms with Crippen molar-refractivity contribution < 1.29 is 4.79 Å². The fourth-order valence-electron chi connectivity index (χ4n) is 2.00. The van der Waals surface area contributed by atoms with Gasteiger partial charge < -0.3 is 5.32 Å². The molecule has 3 rings (SSSR count). The van der Waals surface area contributed by atoms with Gasteiger partial charge in [-0.2, -0.15) is 0 Å². The lowest BCUT2D eigenvalue weighted by Crippen LogP contribution is -2.14. The lowest BCUT2D eigenvalue weighted by molar-refractivity contribution is -0.115. The summed E-state index contributed by atoms with van der Waals surface area (Å²) in [5.41, 5.74) is 2.44. The van der Waals surface area contributed by atoms with Gasteiger partial charge in [-0.25, -0.2) is 4.68 Å². The van der Waals surface area contributed by atoms with Crippen molar-refractivity contribution in [2.24, 2.45) is 0 Å². The van der Waals surface area contributed by atoms with Gasteiger partial charge in [0.15, 0.2) is 0 Å². The monoisotopic (exact) mass is 357 g/mol. The Bertz CT molecular complexity index is 771. The highest BCUT2D eigenvalue weighted by atomic mass is 79.9. The van der Waals surface area contributed by atoms with E-state index < -0.39 is 0 Å². The number of anilines is 1. The quantitative estimate of drug-likeness (QED) is 0.778. The summed E-state index contributed by atoms with van der Waals surface area (Å²) >= 11 is 3.37. The van der Waals surface area contributed by atoms with Crippen molar-refractivity contribution >= 4 is 27.5 Å². The first-order valence-corrected chi connectivity index (χ1v) is 7.38. The summed E-state index contributed by atoms with van der Waals surface area (Å²) in [4.78, 5) is 12.1. The zero-order valence-corrected chi connectivity index (χ0v) is 13.1. The SMILES string of the molecule is O=C(Cc1ccc(Br)cc1)Nc1cccc(-n2cnnn2)c1.